The predicted molar refractivity (Wildman–Crippen MR) is 90.5 cm³/mol. The first-order valence-electron chi connectivity index (χ1n) is 7.92. The summed E-state index contributed by atoms with van der Waals surface area (Å²) in [5.41, 5.74) is 0. The van der Waals surface area contributed by atoms with Crippen LogP contribution in [0.1, 0.15) is 18.7 Å². The zero-order valence-electron chi connectivity index (χ0n) is 13.7. The second-order valence-electron chi connectivity index (χ2n) is 5.95. The Morgan fingerprint density at radius 3 is 3.14 bits per heavy atom. The van der Waals surface area contributed by atoms with Crippen molar-refractivity contribution >= 4 is 17.4 Å². The molecule has 2 atom stereocenters. The molecule has 1 aliphatic rings. The normalized spacial score (nSPS) is 20.6. The summed E-state index contributed by atoms with van der Waals surface area (Å²) in [7, 11) is 1.85. The summed E-state index contributed by atoms with van der Waals surface area (Å²) in [4.78, 5) is 17.6. The molecule has 0 bridgehead atoms. The van der Waals surface area contributed by atoms with E-state index in [2.05, 4.69) is 35.5 Å². The Bertz CT molecular complexity index is 452. The van der Waals surface area contributed by atoms with Crippen LogP contribution >= 0.6 is 11.3 Å². The fourth-order valence-corrected chi connectivity index (χ4v) is 3.41. The van der Waals surface area contributed by atoms with Gasteiger partial charge in [0.15, 0.2) is 0 Å². The molecule has 1 fully saturated rings. The van der Waals surface area contributed by atoms with Crippen molar-refractivity contribution in [2.45, 2.75) is 32.4 Å². The maximum absolute atomic E-state index is 12.1. The molecule has 1 N–H and O–H groups in total. The van der Waals surface area contributed by atoms with Crippen molar-refractivity contribution in [2.24, 2.45) is 0 Å². The van der Waals surface area contributed by atoms with Crippen LogP contribution in [0.4, 0.5) is 4.79 Å². The maximum Gasteiger partial charge on any atom is 0.317 e. The lowest BCUT2D eigenvalue weighted by molar-refractivity contribution is -0.0177. The molecule has 2 heterocycles. The highest BCUT2D eigenvalue weighted by atomic mass is 32.1. The van der Waals surface area contributed by atoms with Crippen LogP contribution in [0, 0.1) is 0 Å². The highest BCUT2D eigenvalue weighted by Crippen LogP contribution is 2.11. The number of hydrogen-bond acceptors (Lipinski definition) is 4. The molecule has 0 radical (unpaired) electrons. The second kappa shape index (κ2) is 8.50. The van der Waals surface area contributed by atoms with Crippen LogP contribution in [0.5, 0.6) is 0 Å². The second-order valence-corrected chi connectivity index (χ2v) is 6.98. The number of likely N-dealkylation sites (N-methyl/N-ethyl adjacent to an activating group) is 1. The van der Waals surface area contributed by atoms with E-state index in [-0.39, 0.29) is 6.03 Å². The molecule has 0 aromatic carbocycles. The number of amides is 2. The summed E-state index contributed by atoms with van der Waals surface area (Å²) in [5.74, 6) is 0. The third-order valence-electron chi connectivity index (χ3n) is 4.15. The number of morpholine rings is 1. The molecule has 2 rings (SSSR count). The summed E-state index contributed by atoms with van der Waals surface area (Å²) < 4.78 is 5.46. The summed E-state index contributed by atoms with van der Waals surface area (Å²) in [6.45, 7) is 8.24. The van der Waals surface area contributed by atoms with Crippen LogP contribution in [0.2, 0.25) is 0 Å². The van der Waals surface area contributed by atoms with Gasteiger partial charge in [-0.15, -0.1) is 11.3 Å². The SMILES string of the molecule is C[C@@H]1COCCN1[C@@H](C)CNC(=O)N(C)CCc1cccs1. The first kappa shape index (κ1) is 17.2. The molecule has 1 aromatic heterocycles. The zero-order chi connectivity index (χ0) is 15.9. The van der Waals surface area contributed by atoms with Gasteiger partial charge < -0.3 is 15.0 Å². The Hall–Kier alpha value is -1.11. The van der Waals surface area contributed by atoms with E-state index < -0.39 is 0 Å². The summed E-state index contributed by atoms with van der Waals surface area (Å²) in [5, 5.41) is 5.11. The van der Waals surface area contributed by atoms with Crippen molar-refractivity contribution in [3.8, 4) is 0 Å². The van der Waals surface area contributed by atoms with Crippen molar-refractivity contribution in [2.75, 3.05) is 39.9 Å². The lowest BCUT2D eigenvalue weighted by Crippen LogP contribution is -2.52. The molecule has 1 aromatic rings. The van der Waals surface area contributed by atoms with Gasteiger partial charge in [-0.25, -0.2) is 4.79 Å². The lowest BCUT2D eigenvalue weighted by atomic mass is 10.2. The molecule has 2 amide bonds. The first-order chi connectivity index (χ1) is 10.6. The summed E-state index contributed by atoms with van der Waals surface area (Å²) in [6, 6.07) is 4.90. The molecule has 0 saturated carbocycles. The molecule has 0 spiro atoms. The van der Waals surface area contributed by atoms with Crippen molar-refractivity contribution in [1.82, 2.24) is 15.1 Å². The van der Waals surface area contributed by atoms with Crippen molar-refractivity contribution in [1.29, 1.82) is 0 Å². The van der Waals surface area contributed by atoms with E-state index in [4.69, 9.17) is 4.74 Å². The van der Waals surface area contributed by atoms with Crippen LogP contribution in [0.3, 0.4) is 0 Å². The molecule has 0 aliphatic carbocycles. The number of nitrogens with one attached hydrogen (secondary N) is 1. The number of ether oxygens (including phenoxy) is 1. The average molecular weight is 325 g/mol. The fourth-order valence-electron chi connectivity index (χ4n) is 2.72. The minimum atomic E-state index is 0.00400. The number of rotatable bonds is 6. The zero-order valence-corrected chi connectivity index (χ0v) is 14.6. The average Bonchev–Trinajstić information content (AvgIpc) is 3.03. The monoisotopic (exact) mass is 325 g/mol. The molecule has 6 heteroatoms. The van der Waals surface area contributed by atoms with E-state index in [0.717, 1.165) is 32.7 Å². The number of thiophene rings is 1. The summed E-state index contributed by atoms with van der Waals surface area (Å²) in [6.07, 6.45) is 0.914. The number of carbonyl (C=O) groups excluding carboxylic acids is 1. The van der Waals surface area contributed by atoms with Crippen molar-refractivity contribution in [3.63, 3.8) is 0 Å². The number of urea groups is 1. The van der Waals surface area contributed by atoms with E-state index in [1.165, 1.54) is 4.88 Å². The van der Waals surface area contributed by atoms with Crippen LogP contribution in [-0.2, 0) is 11.2 Å². The Kier molecular flexibility index (Phi) is 6.67. The summed E-state index contributed by atoms with van der Waals surface area (Å²) >= 11 is 1.74. The van der Waals surface area contributed by atoms with Gasteiger partial charge in [0.2, 0.25) is 0 Å². The number of nitrogens with zero attached hydrogens (tertiary/aromatic N) is 2. The first-order valence-corrected chi connectivity index (χ1v) is 8.80. The van der Waals surface area contributed by atoms with Crippen LogP contribution < -0.4 is 5.32 Å². The van der Waals surface area contributed by atoms with E-state index in [0.29, 0.717) is 18.6 Å². The number of hydrogen-bond donors (Lipinski definition) is 1. The Morgan fingerprint density at radius 1 is 1.64 bits per heavy atom. The predicted octanol–water partition coefficient (Wildman–Crippen LogP) is 2.04. The standard InChI is InChI=1S/C16H27N3O2S/c1-13(19-8-9-21-12-14(19)2)11-17-16(20)18(3)7-6-15-5-4-10-22-15/h4-5,10,13-14H,6-9,11-12H2,1-3H3,(H,17,20)/t13-,14+/m0/s1. The van der Waals surface area contributed by atoms with E-state index in [9.17, 15) is 4.79 Å². The molecule has 22 heavy (non-hydrogen) atoms. The molecular formula is C16H27N3O2S. The van der Waals surface area contributed by atoms with Gasteiger partial charge in [0.05, 0.1) is 13.2 Å². The highest BCUT2D eigenvalue weighted by Gasteiger charge is 2.24. The Labute approximate surface area is 137 Å². The van der Waals surface area contributed by atoms with Crippen LogP contribution in [-0.4, -0.2) is 67.8 Å². The fraction of sp³-hybridized carbons (Fsp3) is 0.688. The van der Waals surface area contributed by atoms with Gasteiger partial charge in [0.1, 0.15) is 0 Å². The smallest absolute Gasteiger partial charge is 0.317 e. The maximum atomic E-state index is 12.1. The molecule has 1 saturated heterocycles. The lowest BCUT2D eigenvalue weighted by Gasteiger charge is -2.38. The Morgan fingerprint density at radius 2 is 2.45 bits per heavy atom. The molecular weight excluding hydrogens is 298 g/mol. The third-order valence-corrected chi connectivity index (χ3v) is 5.09. The van der Waals surface area contributed by atoms with Crippen molar-refractivity contribution in [3.05, 3.63) is 22.4 Å². The van der Waals surface area contributed by atoms with Gasteiger partial charge in [-0.05, 0) is 31.7 Å². The topological polar surface area (TPSA) is 44.8 Å². The van der Waals surface area contributed by atoms with E-state index >= 15 is 0 Å². The van der Waals surface area contributed by atoms with Crippen LogP contribution in [0.15, 0.2) is 17.5 Å². The van der Waals surface area contributed by atoms with Gasteiger partial charge in [-0.1, -0.05) is 6.07 Å². The van der Waals surface area contributed by atoms with E-state index in [1.807, 2.05) is 13.1 Å². The van der Waals surface area contributed by atoms with Gasteiger partial charge in [-0.2, -0.15) is 0 Å². The molecule has 124 valence electrons. The molecule has 5 nitrogen and oxygen atoms in total. The number of carbonyl (C=O) groups is 1. The quantitative estimate of drug-likeness (QED) is 0.870. The highest BCUT2D eigenvalue weighted by molar-refractivity contribution is 7.09. The van der Waals surface area contributed by atoms with Gasteiger partial charge in [0, 0.05) is 43.6 Å². The van der Waals surface area contributed by atoms with Gasteiger partial charge in [0.25, 0.3) is 0 Å². The van der Waals surface area contributed by atoms with Crippen LogP contribution in [0.25, 0.3) is 0 Å². The van der Waals surface area contributed by atoms with Gasteiger partial charge in [-0.3, -0.25) is 4.90 Å². The largest absolute Gasteiger partial charge is 0.379 e. The molecule has 0 unspecified atom stereocenters. The van der Waals surface area contributed by atoms with Gasteiger partial charge >= 0.3 is 6.03 Å². The minimum absolute atomic E-state index is 0.00400. The molecule has 1 aliphatic heterocycles. The minimum Gasteiger partial charge on any atom is -0.379 e. The van der Waals surface area contributed by atoms with Crippen molar-refractivity contribution < 1.29 is 9.53 Å². The Balaban J connectivity index is 1.69. The van der Waals surface area contributed by atoms with E-state index in [1.54, 1.807) is 16.2 Å². The third kappa shape index (κ3) is 4.97.